The van der Waals surface area contributed by atoms with Gasteiger partial charge in [0.2, 0.25) is 15.9 Å². The highest BCUT2D eigenvalue weighted by molar-refractivity contribution is 7.89. The number of aryl methyl sites for hydroxylation is 1. The van der Waals surface area contributed by atoms with Crippen LogP contribution < -0.4 is 0 Å². The second-order valence-corrected chi connectivity index (χ2v) is 8.54. The third-order valence-corrected chi connectivity index (χ3v) is 6.79. The first-order chi connectivity index (χ1) is 11.4. The molecule has 0 N–H and O–H groups in total. The Balaban J connectivity index is 1.75. The second kappa shape index (κ2) is 6.82. The Bertz CT molecular complexity index is 702. The summed E-state index contributed by atoms with van der Waals surface area (Å²) in [5, 5.41) is 0. The molecule has 0 unspecified atom stereocenters. The molecule has 1 aromatic rings. The van der Waals surface area contributed by atoms with Gasteiger partial charge in [-0.2, -0.15) is 4.31 Å². The Kier molecular flexibility index (Phi) is 4.94. The van der Waals surface area contributed by atoms with Gasteiger partial charge in [0.25, 0.3) is 0 Å². The molecule has 2 fully saturated rings. The van der Waals surface area contributed by atoms with E-state index in [0.29, 0.717) is 44.1 Å². The molecule has 0 saturated carbocycles. The number of sulfonamides is 1. The smallest absolute Gasteiger partial charge is 0.243 e. The number of piperidine rings is 1. The van der Waals surface area contributed by atoms with Crippen molar-refractivity contribution in [3.63, 3.8) is 0 Å². The minimum absolute atomic E-state index is 0.0500. The normalized spacial score (nSPS) is 25.8. The maximum atomic E-state index is 12.8. The van der Waals surface area contributed by atoms with Crippen LogP contribution in [0.2, 0.25) is 0 Å². The number of rotatable bonds is 2. The lowest BCUT2D eigenvalue weighted by atomic mass is 9.94. The molecule has 2 atom stereocenters. The molecule has 0 radical (unpaired) electrons. The average Bonchev–Trinajstić information content (AvgIpc) is 2.77. The van der Waals surface area contributed by atoms with Gasteiger partial charge < -0.3 is 9.64 Å². The van der Waals surface area contributed by atoms with E-state index in [-0.39, 0.29) is 17.9 Å². The molecule has 2 aliphatic heterocycles. The third-order valence-electron chi connectivity index (χ3n) is 4.91. The van der Waals surface area contributed by atoms with E-state index in [4.69, 9.17) is 4.74 Å². The van der Waals surface area contributed by atoms with Crippen molar-refractivity contribution in [2.24, 2.45) is 5.92 Å². The lowest BCUT2D eigenvalue weighted by Crippen LogP contribution is -2.49. The van der Waals surface area contributed by atoms with Gasteiger partial charge in [-0.25, -0.2) is 8.42 Å². The van der Waals surface area contributed by atoms with Gasteiger partial charge in [-0.05, 0) is 25.5 Å². The minimum atomic E-state index is -3.50. The molecule has 0 aliphatic carbocycles. The third kappa shape index (κ3) is 3.48. The number of ether oxygens (including phenoxy) is 1. The number of hydrogen-bond acceptors (Lipinski definition) is 4. The zero-order valence-corrected chi connectivity index (χ0v) is 15.0. The number of hydrogen-bond donors (Lipinski definition) is 0. The lowest BCUT2D eigenvalue weighted by molar-refractivity contribution is -0.129. The van der Waals surface area contributed by atoms with Gasteiger partial charge in [0.15, 0.2) is 0 Å². The van der Waals surface area contributed by atoms with Crippen LogP contribution in [0.4, 0.5) is 0 Å². The van der Waals surface area contributed by atoms with E-state index in [0.717, 1.165) is 5.56 Å². The van der Waals surface area contributed by atoms with Gasteiger partial charge in [0.1, 0.15) is 0 Å². The van der Waals surface area contributed by atoms with Crippen molar-refractivity contribution in [2.75, 3.05) is 32.8 Å². The van der Waals surface area contributed by atoms with E-state index in [9.17, 15) is 13.2 Å². The first-order valence-electron chi connectivity index (χ1n) is 8.32. The van der Waals surface area contributed by atoms with Crippen molar-refractivity contribution >= 4 is 15.9 Å². The zero-order chi connectivity index (χ0) is 17.3. The molecule has 6 nitrogen and oxygen atoms in total. The van der Waals surface area contributed by atoms with Crippen LogP contribution in [0.3, 0.4) is 0 Å². The van der Waals surface area contributed by atoms with E-state index in [1.165, 1.54) is 4.31 Å². The largest absolute Gasteiger partial charge is 0.375 e. The topological polar surface area (TPSA) is 66.9 Å². The summed E-state index contributed by atoms with van der Waals surface area (Å²) in [6.45, 7) is 6.00. The van der Waals surface area contributed by atoms with E-state index >= 15 is 0 Å². The molecule has 3 rings (SSSR count). The molecule has 2 saturated heterocycles. The van der Waals surface area contributed by atoms with Crippen LogP contribution in [-0.4, -0.2) is 62.4 Å². The lowest BCUT2D eigenvalue weighted by Gasteiger charge is -2.37. The minimum Gasteiger partial charge on any atom is -0.375 e. The van der Waals surface area contributed by atoms with Gasteiger partial charge in [0.05, 0.1) is 17.6 Å². The highest BCUT2D eigenvalue weighted by Gasteiger charge is 2.38. The highest BCUT2D eigenvalue weighted by atomic mass is 32.2. The fourth-order valence-electron chi connectivity index (χ4n) is 3.39. The first-order valence-corrected chi connectivity index (χ1v) is 9.76. The Hall–Kier alpha value is -1.44. The predicted molar refractivity (Wildman–Crippen MR) is 90.0 cm³/mol. The molecule has 2 aliphatic rings. The zero-order valence-electron chi connectivity index (χ0n) is 14.1. The quantitative estimate of drug-likeness (QED) is 0.803. The molecule has 132 valence electrons. The molecular formula is C17H24N2O4S. The fraction of sp³-hybridized carbons (Fsp3) is 0.588. The van der Waals surface area contributed by atoms with Gasteiger partial charge >= 0.3 is 0 Å². The molecule has 0 spiro atoms. The fourth-order valence-corrected chi connectivity index (χ4v) is 4.85. The van der Waals surface area contributed by atoms with Crippen molar-refractivity contribution in [2.45, 2.75) is 31.3 Å². The van der Waals surface area contributed by atoms with Crippen molar-refractivity contribution in [1.29, 1.82) is 0 Å². The number of carbonyl (C=O) groups excluding carboxylic acids is 1. The van der Waals surface area contributed by atoms with Crippen molar-refractivity contribution in [3.8, 4) is 0 Å². The van der Waals surface area contributed by atoms with Crippen LogP contribution in [0.1, 0.15) is 18.9 Å². The molecule has 1 aromatic carbocycles. The van der Waals surface area contributed by atoms with Crippen molar-refractivity contribution < 1.29 is 17.9 Å². The summed E-state index contributed by atoms with van der Waals surface area (Å²) >= 11 is 0. The van der Waals surface area contributed by atoms with Crippen LogP contribution in [-0.2, 0) is 19.6 Å². The highest BCUT2D eigenvalue weighted by Crippen LogP contribution is 2.28. The van der Waals surface area contributed by atoms with Crippen LogP contribution in [0.15, 0.2) is 29.2 Å². The van der Waals surface area contributed by atoms with Crippen molar-refractivity contribution in [3.05, 3.63) is 29.8 Å². The molecular weight excluding hydrogens is 328 g/mol. The van der Waals surface area contributed by atoms with Crippen molar-refractivity contribution in [1.82, 2.24) is 9.21 Å². The maximum Gasteiger partial charge on any atom is 0.243 e. The number of amides is 1. The van der Waals surface area contributed by atoms with Gasteiger partial charge in [0, 0.05) is 39.0 Å². The molecule has 0 aromatic heterocycles. The Morgan fingerprint density at radius 3 is 2.54 bits per heavy atom. The number of carbonyl (C=O) groups is 1. The Labute approximate surface area is 143 Å². The summed E-state index contributed by atoms with van der Waals surface area (Å²) in [6, 6.07) is 6.93. The summed E-state index contributed by atoms with van der Waals surface area (Å²) < 4.78 is 33.1. The van der Waals surface area contributed by atoms with E-state index in [2.05, 4.69) is 0 Å². The van der Waals surface area contributed by atoms with Crippen LogP contribution in [0.25, 0.3) is 0 Å². The van der Waals surface area contributed by atoms with E-state index in [1.54, 1.807) is 24.0 Å². The standard InChI is InChI=1S/C17H24N2O4S/c1-13-3-5-16(6-4-13)24(21,22)19-8-7-15-11-18(14(2)20)9-10-23-17(15)12-19/h3-6,15,17H,7-12H2,1-2H3/t15-,17+/m1/s1. The molecule has 2 heterocycles. The molecule has 24 heavy (non-hydrogen) atoms. The van der Waals surface area contributed by atoms with E-state index < -0.39 is 10.0 Å². The van der Waals surface area contributed by atoms with Crippen LogP contribution >= 0.6 is 0 Å². The van der Waals surface area contributed by atoms with E-state index in [1.807, 2.05) is 19.1 Å². The Morgan fingerprint density at radius 2 is 1.88 bits per heavy atom. The summed E-state index contributed by atoms with van der Waals surface area (Å²) in [7, 11) is -3.50. The first kappa shape index (κ1) is 17.4. The summed E-state index contributed by atoms with van der Waals surface area (Å²) in [5.74, 6) is 0.245. The van der Waals surface area contributed by atoms with Gasteiger partial charge in [-0.3, -0.25) is 4.79 Å². The number of fused-ring (bicyclic) bond motifs is 1. The van der Waals surface area contributed by atoms with Gasteiger partial charge in [-0.1, -0.05) is 17.7 Å². The average molecular weight is 352 g/mol. The summed E-state index contributed by atoms with van der Waals surface area (Å²) in [4.78, 5) is 13.8. The van der Waals surface area contributed by atoms with Crippen LogP contribution in [0, 0.1) is 12.8 Å². The molecule has 7 heteroatoms. The SMILES string of the molecule is CC(=O)N1CCO[C@H]2CN(S(=O)(=O)c3ccc(C)cc3)CC[C@@H]2C1. The molecule has 0 bridgehead atoms. The second-order valence-electron chi connectivity index (χ2n) is 6.60. The monoisotopic (exact) mass is 352 g/mol. The summed E-state index contributed by atoms with van der Waals surface area (Å²) in [6.07, 6.45) is 0.558. The maximum absolute atomic E-state index is 12.8. The molecule has 1 amide bonds. The Morgan fingerprint density at radius 1 is 1.17 bits per heavy atom. The van der Waals surface area contributed by atoms with Gasteiger partial charge in [-0.15, -0.1) is 0 Å². The number of nitrogens with zero attached hydrogens (tertiary/aromatic N) is 2. The predicted octanol–water partition coefficient (Wildman–Crippen LogP) is 1.25. The number of benzene rings is 1. The summed E-state index contributed by atoms with van der Waals surface area (Å²) in [5.41, 5.74) is 1.03. The van der Waals surface area contributed by atoms with Crippen LogP contribution in [0.5, 0.6) is 0 Å².